The fraction of sp³-hybridized carbons (Fsp3) is 0.364. The number of carbonyl (C=O) groups is 1. The second-order valence-corrected chi connectivity index (χ2v) is 9.25. The highest BCUT2D eigenvalue weighted by molar-refractivity contribution is 7.99. The van der Waals surface area contributed by atoms with Crippen LogP contribution in [0.15, 0.2) is 59.8 Å². The Hall–Kier alpha value is -2.67. The van der Waals surface area contributed by atoms with Gasteiger partial charge in [0.25, 0.3) is 0 Å². The van der Waals surface area contributed by atoms with Gasteiger partial charge >= 0.3 is 0 Å². The van der Waals surface area contributed by atoms with Crippen LogP contribution in [-0.4, -0.2) is 37.4 Å². The zero-order valence-electron chi connectivity index (χ0n) is 17.2. The van der Waals surface area contributed by atoms with Crippen molar-refractivity contribution in [1.29, 1.82) is 0 Å². The van der Waals surface area contributed by atoms with Gasteiger partial charge in [0, 0.05) is 23.7 Å². The monoisotopic (exact) mass is 407 g/mol. The number of aromatic nitrogens is 4. The van der Waals surface area contributed by atoms with Crippen LogP contribution in [0.3, 0.4) is 0 Å². The van der Waals surface area contributed by atoms with Crippen molar-refractivity contribution in [3.8, 4) is 0 Å². The predicted octanol–water partition coefficient (Wildman–Crippen LogP) is 3.82. The molecule has 1 amide bonds. The lowest BCUT2D eigenvalue weighted by atomic mass is 9.65. The van der Waals surface area contributed by atoms with Crippen molar-refractivity contribution in [3.05, 3.63) is 65.7 Å². The lowest BCUT2D eigenvalue weighted by Crippen LogP contribution is -2.56. The van der Waals surface area contributed by atoms with E-state index in [0.29, 0.717) is 5.16 Å². The molecule has 7 heteroatoms. The van der Waals surface area contributed by atoms with Crippen LogP contribution in [0.5, 0.6) is 0 Å². The van der Waals surface area contributed by atoms with Crippen molar-refractivity contribution in [1.82, 2.24) is 20.2 Å². The molecule has 0 aliphatic carbocycles. The van der Waals surface area contributed by atoms with Crippen LogP contribution < -0.4 is 4.90 Å². The van der Waals surface area contributed by atoms with Gasteiger partial charge in [0.05, 0.1) is 5.75 Å². The van der Waals surface area contributed by atoms with E-state index in [2.05, 4.69) is 78.8 Å². The van der Waals surface area contributed by atoms with Crippen molar-refractivity contribution < 1.29 is 4.79 Å². The molecule has 0 fully saturated rings. The number of para-hydroxylation sites is 1. The molecule has 0 radical (unpaired) electrons. The number of hydrogen-bond donors (Lipinski definition) is 0. The molecule has 1 atom stereocenters. The summed E-state index contributed by atoms with van der Waals surface area (Å²) >= 11 is 1.36. The number of tetrazole rings is 1. The van der Waals surface area contributed by atoms with Gasteiger partial charge in [0.2, 0.25) is 11.1 Å². The molecule has 1 aromatic heterocycles. The van der Waals surface area contributed by atoms with E-state index in [1.165, 1.54) is 22.9 Å². The van der Waals surface area contributed by atoms with Gasteiger partial charge < -0.3 is 4.90 Å². The van der Waals surface area contributed by atoms with E-state index in [9.17, 15) is 4.79 Å². The Labute approximate surface area is 175 Å². The molecule has 1 aliphatic heterocycles. The van der Waals surface area contributed by atoms with Crippen LogP contribution in [0.2, 0.25) is 0 Å². The number of amides is 1. The third kappa shape index (κ3) is 3.44. The van der Waals surface area contributed by atoms with Gasteiger partial charge in [-0.25, -0.2) is 4.68 Å². The maximum absolute atomic E-state index is 13.4. The van der Waals surface area contributed by atoms with Crippen LogP contribution in [-0.2, 0) is 17.3 Å². The van der Waals surface area contributed by atoms with Crippen molar-refractivity contribution in [2.45, 2.75) is 43.3 Å². The Morgan fingerprint density at radius 1 is 1.07 bits per heavy atom. The third-order valence-electron chi connectivity index (χ3n) is 5.70. The van der Waals surface area contributed by atoms with Gasteiger partial charge in [0.15, 0.2) is 0 Å². The number of carbonyl (C=O) groups excluding carboxylic acids is 1. The van der Waals surface area contributed by atoms with E-state index in [4.69, 9.17) is 0 Å². The molecular formula is C22H25N5OS. The average molecular weight is 408 g/mol. The van der Waals surface area contributed by atoms with Crippen LogP contribution in [0.25, 0.3) is 0 Å². The van der Waals surface area contributed by atoms with E-state index < -0.39 is 0 Å². The standard InChI is InChI=1S/C22H25N5OS/c1-21(2)15-22(3,16-10-6-5-7-11-16)17-12-8-9-13-18(17)27(21)19(28)14-29-20-23-24-25-26(20)4/h5-13H,14-15H2,1-4H3/t22-/m1/s1. The van der Waals surface area contributed by atoms with Gasteiger partial charge in [-0.15, -0.1) is 5.10 Å². The van der Waals surface area contributed by atoms with Crippen molar-refractivity contribution >= 4 is 23.4 Å². The number of aryl methyl sites for hydroxylation is 1. The summed E-state index contributed by atoms with van der Waals surface area (Å²) in [5.74, 6) is 0.346. The van der Waals surface area contributed by atoms with Crippen LogP contribution >= 0.6 is 11.8 Å². The number of fused-ring (bicyclic) bond motifs is 1. The smallest absolute Gasteiger partial charge is 0.237 e. The maximum atomic E-state index is 13.4. The van der Waals surface area contributed by atoms with Gasteiger partial charge in [-0.1, -0.05) is 67.2 Å². The SMILES string of the molecule is Cn1nnnc1SCC(=O)N1c2ccccc2[C@@](C)(c2ccccc2)CC1(C)C. The molecule has 2 aromatic carbocycles. The molecule has 29 heavy (non-hydrogen) atoms. The Bertz CT molecular complexity index is 1030. The van der Waals surface area contributed by atoms with Crippen LogP contribution in [0, 0.1) is 0 Å². The Balaban J connectivity index is 1.72. The molecule has 0 saturated heterocycles. The molecule has 150 valence electrons. The number of nitrogens with zero attached hydrogens (tertiary/aromatic N) is 5. The molecule has 3 aromatic rings. The van der Waals surface area contributed by atoms with Crippen LogP contribution in [0.4, 0.5) is 5.69 Å². The highest BCUT2D eigenvalue weighted by Gasteiger charge is 2.47. The highest BCUT2D eigenvalue weighted by atomic mass is 32.2. The molecule has 0 unspecified atom stereocenters. The molecule has 0 saturated carbocycles. The Morgan fingerprint density at radius 2 is 1.76 bits per heavy atom. The first-order valence-electron chi connectivity index (χ1n) is 9.66. The lowest BCUT2D eigenvalue weighted by molar-refractivity contribution is -0.117. The number of anilines is 1. The zero-order chi connectivity index (χ0) is 20.6. The zero-order valence-corrected chi connectivity index (χ0v) is 18.0. The minimum Gasteiger partial charge on any atom is -0.306 e. The molecular weight excluding hydrogens is 382 g/mol. The van der Waals surface area contributed by atoms with Gasteiger partial charge in [-0.2, -0.15) is 0 Å². The highest BCUT2D eigenvalue weighted by Crippen LogP contribution is 2.50. The topological polar surface area (TPSA) is 63.9 Å². The number of benzene rings is 2. The molecule has 0 N–H and O–H groups in total. The summed E-state index contributed by atoms with van der Waals surface area (Å²) in [6, 6.07) is 18.8. The first-order valence-corrected chi connectivity index (χ1v) is 10.6. The van der Waals surface area contributed by atoms with E-state index in [0.717, 1.165) is 12.1 Å². The molecule has 1 aliphatic rings. The van der Waals surface area contributed by atoms with E-state index in [1.807, 2.05) is 17.0 Å². The maximum Gasteiger partial charge on any atom is 0.237 e. The molecule has 2 heterocycles. The van der Waals surface area contributed by atoms with Gasteiger partial charge in [-0.05, 0) is 47.9 Å². The minimum atomic E-state index is -0.339. The normalized spacial score (nSPS) is 20.3. The minimum absolute atomic E-state index is 0.0607. The summed E-state index contributed by atoms with van der Waals surface area (Å²) in [5.41, 5.74) is 2.93. The summed E-state index contributed by atoms with van der Waals surface area (Å²) in [6.45, 7) is 6.58. The van der Waals surface area contributed by atoms with Crippen molar-refractivity contribution in [2.24, 2.45) is 7.05 Å². The van der Waals surface area contributed by atoms with E-state index >= 15 is 0 Å². The van der Waals surface area contributed by atoms with Gasteiger partial charge in [0.1, 0.15) is 0 Å². The fourth-order valence-electron chi connectivity index (χ4n) is 4.57. The predicted molar refractivity (Wildman–Crippen MR) is 115 cm³/mol. The third-order valence-corrected chi connectivity index (χ3v) is 6.69. The quantitative estimate of drug-likeness (QED) is 0.615. The lowest BCUT2D eigenvalue weighted by Gasteiger charge is -2.51. The fourth-order valence-corrected chi connectivity index (χ4v) is 5.27. The summed E-state index contributed by atoms with van der Waals surface area (Å²) < 4.78 is 1.58. The van der Waals surface area contributed by atoms with Crippen LogP contribution in [0.1, 0.15) is 38.3 Å². The van der Waals surface area contributed by atoms with Gasteiger partial charge in [-0.3, -0.25) is 4.79 Å². The first-order chi connectivity index (χ1) is 13.8. The summed E-state index contributed by atoms with van der Waals surface area (Å²) in [4.78, 5) is 15.3. The second kappa shape index (κ2) is 7.30. The summed E-state index contributed by atoms with van der Waals surface area (Å²) in [5, 5.41) is 12.1. The van der Waals surface area contributed by atoms with Crippen molar-refractivity contribution in [2.75, 3.05) is 10.7 Å². The first kappa shape index (κ1) is 19.6. The number of hydrogen-bond acceptors (Lipinski definition) is 5. The molecule has 0 spiro atoms. The summed E-state index contributed by atoms with van der Waals surface area (Å²) in [7, 11) is 1.78. The second-order valence-electron chi connectivity index (χ2n) is 8.31. The van der Waals surface area contributed by atoms with E-state index in [-0.39, 0.29) is 22.6 Å². The summed E-state index contributed by atoms with van der Waals surface area (Å²) in [6.07, 6.45) is 0.836. The molecule has 6 nitrogen and oxygen atoms in total. The van der Waals surface area contributed by atoms with Crippen molar-refractivity contribution in [3.63, 3.8) is 0 Å². The number of thioether (sulfide) groups is 1. The Kier molecular flexibility index (Phi) is 4.94. The molecule has 4 rings (SSSR count). The number of rotatable bonds is 4. The largest absolute Gasteiger partial charge is 0.306 e. The van der Waals surface area contributed by atoms with E-state index in [1.54, 1.807) is 11.7 Å². The Morgan fingerprint density at radius 3 is 2.45 bits per heavy atom. The average Bonchev–Trinajstić information content (AvgIpc) is 3.11. The molecule has 0 bridgehead atoms.